The van der Waals surface area contributed by atoms with Crippen LogP contribution in [-0.2, 0) is 0 Å². The van der Waals surface area contributed by atoms with Crippen LogP contribution in [0.15, 0.2) is 30.5 Å². The van der Waals surface area contributed by atoms with E-state index < -0.39 is 0 Å². The SMILES string of the molecule is OCC1CCCCC1Nc1nccc2ccc(O)cc12. The molecule has 1 aromatic heterocycles. The Labute approximate surface area is 118 Å². The summed E-state index contributed by atoms with van der Waals surface area (Å²) in [4.78, 5) is 4.41. The van der Waals surface area contributed by atoms with Crippen LogP contribution in [0.1, 0.15) is 25.7 Å². The Balaban J connectivity index is 1.91. The van der Waals surface area contributed by atoms with E-state index in [1.54, 1.807) is 18.3 Å². The van der Waals surface area contributed by atoms with Crippen molar-refractivity contribution >= 4 is 16.6 Å². The van der Waals surface area contributed by atoms with E-state index in [1.165, 1.54) is 12.8 Å². The quantitative estimate of drug-likeness (QED) is 0.804. The Morgan fingerprint density at radius 1 is 1.20 bits per heavy atom. The number of benzene rings is 1. The van der Waals surface area contributed by atoms with E-state index in [4.69, 9.17) is 0 Å². The zero-order chi connectivity index (χ0) is 13.9. The van der Waals surface area contributed by atoms with Crippen LogP contribution in [-0.4, -0.2) is 27.8 Å². The molecule has 0 aliphatic heterocycles. The summed E-state index contributed by atoms with van der Waals surface area (Å²) in [5.41, 5.74) is 0. The normalized spacial score (nSPS) is 22.9. The Kier molecular flexibility index (Phi) is 3.74. The van der Waals surface area contributed by atoms with E-state index in [1.807, 2.05) is 12.1 Å². The predicted molar refractivity (Wildman–Crippen MR) is 79.9 cm³/mol. The van der Waals surface area contributed by atoms with Gasteiger partial charge in [0.15, 0.2) is 0 Å². The first-order valence-electron chi connectivity index (χ1n) is 7.23. The molecule has 1 fully saturated rings. The number of nitrogens with one attached hydrogen (secondary N) is 1. The van der Waals surface area contributed by atoms with Crippen LogP contribution in [0.3, 0.4) is 0 Å². The van der Waals surface area contributed by atoms with E-state index in [0.29, 0.717) is 0 Å². The van der Waals surface area contributed by atoms with Crippen molar-refractivity contribution in [2.45, 2.75) is 31.7 Å². The van der Waals surface area contributed by atoms with Gasteiger partial charge in [0.05, 0.1) is 0 Å². The summed E-state index contributed by atoms with van der Waals surface area (Å²) in [6, 6.07) is 7.51. The molecule has 1 aliphatic carbocycles. The third-order valence-corrected chi connectivity index (χ3v) is 4.22. The second-order valence-corrected chi connectivity index (χ2v) is 5.54. The number of aromatic nitrogens is 1. The van der Waals surface area contributed by atoms with Gasteiger partial charge in [-0.25, -0.2) is 4.98 Å². The number of rotatable bonds is 3. The molecule has 106 valence electrons. The van der Waals surface area contributed by atoms with Crippen LogP contribution >= 0.6 is 0 Å². The highest BCUT2D eigenvalue weighted by molar-refractivity contribution is 5.92. The number of phenols is 1. The molecule has 2 unspecified atom stereocenters. The molecule has 0 spiro atoms. The molecule has 1 aromatic carbocycles. The van der Waals surface area contributed by atoms with Gasteiger partial charge in [0.25, 0.3) is 0 Å². The molecule has 4 nitrogen and oxygen atoms in total. The van der Waals surface area contributed by atoms with Crippen molar-refractivity contribution in [3.05, 3.63) is 30.5 Å². The van der Waals surface area contributed by atoms with E-state index in [-0.39, 0.29) is 24.3 Å². The fourth-order valence-electron chi connectivity index (χ4n) is 3.06. The fraction of sp³-hybridized carbons (Fsp3) is 0.438. The monoisotopic (exact) mass is 272 g/mol. The molecule has 2 atom stereocenters. The molecule has 0 amide bonds. The van der Waals surface area contributed by atoms with Crippen molar-refractivity contribution in [1.82, 2.24) is 4.98 Å². The zero-order valence-electron chi connectivity index (χ0n) is 11.4. The smallest absolute Gasteiger partial charge is 0.134 e. The number of fused-ring (bicyclic) bond motifs is 1. The molecule has 1 aliphatic rings. The Morgan fingerprint density at radius 2 is 2.05 bits per heavy atom. The lowest BCUT2D eigenvalue weighted by Crippen LogP contribution is -2.34. The van der Waals surface area contributed by atoms with E-state index in [0.717, 1.165) is 29.4 Å². The summed E-state index contributed by atoms with van der Waals surface area (Å²) in [5.74, 6) is 1.33. The van der Waals surface area contributed by atoms with Crippen molar-refractivity contribution < 1.29 is 10.2 Å². The largest absolute Gasteiger partial charge is 0.508 e. The van der Waals surface area contributed by atoms with Gasteiger partial charge in [0.2, 0.25) is 0 Å². The molecule has 0 saturated heterocycles. The van der Waals surface area contributed by atoms with Crippen LogP contribution in [0.5, 0.6) is 5.75 Å². The number of nitrogens with zero attached hydrogens (tertiary/aromatic N) is 1. The van der Waals surface area contributed by atoms with Crippen LogP contribution in [0.25, 0.3) is 10.8 Å². The molecule has 3 N–H and O–H groups in total. The molecule has 0 bridgehead atoms. The summed E-state index contributed by atoms with van der Waals surface area (Å²) in [6.07, 6.45) is 6.27. The molecule has 0 radical (unpaired) electrons. The van der Waals surface area contributed by atoms with Crippen LogP contribution < -0.4 is 5.32 Å². The number of phenolic OH excluding ortho intramolecular Hbond substituents is 1. The lowest BCUT2D eigenvalue weighted by Gasteiger charge is -2.31. The van der Waals surface area contributed by atoms with Gasteiger partial charge in [-0.2, -0.15) is 0 Å². The highest BCUT2D eigenvalue weighted by Crippen LogP contribution is 2.30. The van der Waals surface area contributed by atoms with Crippen molar-refractivity contribution in [1.29, 1.82) is 0 Å². The topological polar surface area (TPSA) is 65.4 Å². The maximum absolute atomic E-state index is 9.66. The van der Waals surface area contributed by atoms with Crippen LogP contribution in [0.4, 0.5) is 5.82 Å². The van der Waals surface area contributed by atoms with Gasteiger partial charge in [-0.15, -0.1) is 0 Å². The summed E-state index contributed by atoms with van der Waals surface area (Å²) in [6.45, 7) is 0.216. The highest BCUT2D eigenvalue weighted by atomic mass is 16.3. The lowest BCUT2D eigenvalue weighted by atomic mass is 9.85. The minimum Gasteiger partial charge on any atom is -0.508 e. The van der Waals surface area contributed by atoms with Crippen LogP contribution in [0, 0.1) is 5.92 Å². The first kappa shape index (κ1) is 13.2. The van der Waals surface area contributed by atoms with Gasteiger partial charge in [-0.05, 0) is 36.4 Å². The summed E-state index contributed by atoms with van der Waals surface area (Å²) < 4.78 is 0. The maximum Gasteiger partial charge on any atom is 0.134 e. The second kappa shape index (κ2) is 5.67. The summed E-state index contributed by atoms with van der Waals surface area (Å²) in [5, 5.41) is 24.6. The minimum atomic E-state index is 0.216. The van der Waals surface area contributed by atoms with Gasteiger partial charge >= 0.3 is 0 Å². The number of pyridine rings is 1. The second-order valence-electron chi connectivity index (χ2n) is 5.54. The number of aliphatic hydroxyl groups excluding tert-OH is 1. The molecule has 20 heavy (non-hydrogen) atoms. The highest BCUT2D eigenvalue weighted by Gasteiger charge is 2.25. The van der Waals surface area contributed by atoms with Gasteiger partial charge in [0.1, 0.15) is 11.6 Å². The van der Waals surface area contributed by atoms with Gasteiger partial charge in [0, 0.05) is 30.1 Å². The number of anilines is 1. The number of hydrogen-bond donors (Lipinski definition) is 3. The fourth-order valence-corrected chi connectivity index (χ4v) is 3.06. The van der Waals surface area contributed by atoms with Crippen molar-refractivity contribution in [3.63, 3.8) is 0 Å². The Morgan fingerprint density at radius 3 is 2.90 bits per heavy atom. The molecule has 3 rings (SSSR count). The Hall–Kier alpha value is -1.81. The molecule has 1 heterocycles. The van der Waals surface area contributed by atoms with E-state index >= 15 is 0 Å². The summed E-state index contributed by atoms with van der Waals surface area (Å²) >= 11 is 0. The maximum atomic E-state index is 9.66. The van der Waals surface area contributed by atoms with Crippen LogP contribution in [0.2, 0.25) is 0 Å². The van der Waals surface area contributed by atoms with Crippen molar-refractivity contribution in [3.8, 4) is 5.75 Å². The summed E-state index contributed by atoms with van der Waals surface area (Å²) in [7, 11) is 0. The standard InChI is InChI=1S/C16H20N2O2/c19-10-12-3-1-2-4-15(12)18-16-14-9-13(20)6-5-11(14)7-8-17-16/h5-9,12,15,19-20H,1-4,10H2,(H,17,18). The lowest BCUT2D eigenvalue weighted by molar-refractivity contribution is 0.178. The zero-order valence-corrected chi connectivity index (χ0v) is 11.4. The van der Waals surface area contributed by atoms with E-state index in [9.17, 15) is 10.2 Å². The first-order chi connectivity index (χ1) is 9.78. The molecule has 2 aromatic rings. The average Bonchev–Trinajstić information content (AvgIpc) is 2.48. The first-order valence-corrected chi connectivity index (χ1v) is 7.23. The number of aromatic hydroxyl groups is 1. The van der Waals surface area contributed by atoms with Gasteiger partial charge in [-0.1, -0.05) is 18.9 Å². The van der Waals surface area contributed by atoms with Gasteiger partial charge in [-0.3, -0.25) is 0 Å². The van der Waals surface area contributed by atoms with Crippen molar-refractivity contribution in [2.75, 3.05) is 11.9 Å². The van der Waals surface area contributed by atoms with E-state index in [2.05, 4.69) is 10.3 Å². The number of hydrogen-bond acceptors (Lipinski definition) is 4. The molecular formula is C16H20N2O2. The molecular weight excluding hydrogens is 252 g/mol. The number of aliphatic hydroxyl groups is 1. The van der Waals surface area contributed by atoms with Gasteiger partial charge < -0.3 is 15.5 Å². The minimum absolute atomic E-state index is 0.216. The third-order valence-electron chi connectivity index (χ3n) is 4.22. The molecule has 1 saturated carbocycles. The Bertz CT molecular complexity index is 600. The predicted octanol–water partition coefficient (Wildman–Crippen LogP) is 2.90. The third kappa shape index (κ3) is 2.56. The van der Waals surface area contributed by atoms with Crippen molar-refractivity contribution in [2.24, 2.45) is 5.92 Å². The molecule has 4 heteroatoms. The average molecular weight is 272 g/mol.